The first-order valence-corrected chi connectivity index (χ1v) is 9.67. The van der Waals surface area contributed by atoms with Gasteiger partial charge in [-0.15, -0.1) is 0 Å². The van der Waals surface area contributed by atoms with E-state index in [9.17, 15) is 23.2 Å². The molecule has 1 saturated heterocycles. The largest absolute Gasteiger partial charge is 0.354 e. The number of carbonyl (C=O) groups excluding carboxylic acids is 3. The van der Waals surface area contributed by atoms with Crippen molar-refractivity contribution >= 4 is 17.8 Å². The Bertz CT molecular complexity index is 967. The van der Waals surface area contributed by atoms with Crippen molar-refractivity contribution in [3.8, 4) is 0 Å². The molecule has 1 heterocycles. The van der Waals surface area contributed by atoms with Gasteiger partial charge in [-0.3, -0.25) is 14.5 Å². The van der Waals surface area contributed by atoms with E-state index in [1.807, 2.05) is 37.3 Å². The Morgan fingerprint density at radius 3 is 2.47 bits per heavy atom. The SMILES string of the molecule is CCC(CNC(=O)CN1C(=O)NC(C)(c2ccc(F)c(F)c2)C1=O)c1ccccc1. The molecule has 1 aliphatic heterocycles. The summed E-state index contributed by atoms with van der Waals surface area (Å²) in [6, 6.07) is 11.9. The van der Waals surface area contributed by atoms with E-state index >= 15 is 0 Å². The van der Waals surface area contributed by atoms with Crippen molar-refractivity contribution in [3.63, 3.8) is 0 Å². The van der Waals surface area contributed by atoms with Crippen LogP contribution in [0.3, 0.4) is 0 Å². The second-order valence-corrected chi connectivity index (χ2v) is 7.40. The van der Waals surface area contributed by atoms with Crippen molar-refractivity contribution in [2.24, 2.45) is 0 Å². The van der Waals surface area contributed by atoms with Gasteiger partial charge in [-0.05, 0) is 36.6 Å². The zero-order valence-corrected chi connectivity index (χ0v) is 16.7. The number of rotatable bonds is 7. The zero-order valence-electron chi connectivity index (χ0n) is 16.7. The first-order chi connectivity index (χ1) is 14.3. The lowest BCUT2D eigenvalue weighted by molar-refractivity contribution is -0.134. The van der Waals surface area contributed by atoms with Crippen LogP contribution in [0.4, 0.5) is 13.6 Å². The summed E-state index contributed by atoms with van der Waals surface area (Å²) < 4.78 is 26.8. The van der Waals surface area contributed by atoms with Crippen molar-refractivity contribution in [1.29, 1.82) is 0 Å². The minimum absolute atomic E-state index is 0.0952. The van der Waals surface area contributed by atoms with Crippen LogP contribution in [0, 0.1) is 11.6 Å². The monoisotopic (exact) mass is 415 g/mol. The van der Waals surface area contributed by atoms with E-state index in [2.05, 4.69) is 10.6 Å². The number of halogens is 2. The van der Waals surface area contributed by atoms with Crippen LogP contribution in [-0.2, 0) is 15.1 Å². The van der Waals surface area contributed by atoms with E-state index in [4.69, 9.17) is 0 Å². The van der Waals surface area contributed by atoms with Gasteiger partial charge < -0.3 is 10.6 Å². The lowest BCUT2D eigenvalue weighted by Gasteiger charge is -2.22. The fourth-order valence-electron chi connectivity index (χ4n) is 3.50. The van der Waals surface area contributed by atoms with Gasteiger partial charge in [-0.25, -0.2) is 13.6 Å². The summed E-state index contributed by atoms with van der Waals surface area (Å²) in [4.78, 5) is 38.3. The summed E-state index contributed by atoms with van der Waals surface area (Å²) in [6.07, 6.45) is 0.807. The zero-order chi connectivity index (χ0) is 21.9. The van der Waals surface area contributed by atoms with Gasteiger partial charge in [0.05, 0.1) is 0 Å². The standard InChI is InChI=1S/C22H23F2N3O3/c1-3-14(15-7-5-4-6-8-15)12-25-19(28)13-27-20(29)22(2,26-21(27)30)16-9-10-17(23)18(24)11-16/h4-11,14H,3,12-13H2,1-2H3,(H,25,28)(H,26,30). The number of carbonyl (C=O) groups is 3. The van der Waals surface area contributed by atoms with Gasteiger partial charge in [0, 0.05) is 12.5 Å². The minimum atomic E-state index is -1.58. The molecule has 0 radical (unpaired) electrons. The molecule has 0 bridgehead atoms. The van der Waals surface area contributed by atoms with E-state index in [1.165, 1.54) is 13.0 Å². The smallest absolute Gasteiger partial charge is 0.325 e. The summed E-state index contributed by atoms with van der Waals surface area (Å²) in [5.74, 6) is -3.27. The quantitative estimate of drug-likeness (QED) is 0.683. The summed E-state index contributed by atoms with van der Waals surface area (Å²) in [5.41, 5.74) is -0.402. The molecule has 8 heteroatoms. The fourth-order valence-corrected chi connectivity index (χ4v) is 3.50. The van der Waals surface area contributed by atoms with Crippen molar-refractivity contribution < 1.29 is 23.2 Å². The average molecular weight is 415 g/mol. The Kier molecular flexibility index (Phi) is 6.14. The van der Waals surface area contributed by atoms with E-state index in [0.29, 0.717) is 6.54 Å². The average Bonchev–Trinajstić information content (AvgIpc) is 2.95. The molecule has 2 aromatic carbocycles. The van der Waals surface area contributed by atoms with Crippen LogP contribution >= 0.6 is 0 Å². The van der Waals surface area contributed by atoms with Crippen LogP contribution in [0.5, 0.6) is 0 Å². The Morgan fingerprint density at radius 1 is 1.13 bits per heavy atom. The van der Waals surface area contributed by atoms with E-state index in [-0.39, 0.29) is 11.5 Å². The Balaban J connectivity index is 1.66. The maximum Gasteiger partial charge on any atom is 0.325 e. The highest BCUT2D eigenvalue weighted by atomic mass is 19.2. The molecular weight excluding hydrogens is 392 g/mol. The number of amides is 4. The highest BCUT2D eigenvalue weighted by molar-refractivity contribution is 6.09. The summed E-state index contributed by atoms with van der Waals surface area (Å²) in [7, 11) is 0. The first-order valence-electron chi connectivity index (χ1n) is 9.67. The molecule has 3 rings (SSSR count). The Labute approximate surface area is 173 Å². The number of nitrogens with one attached hydrogen (secondary N) is 2. The molecule has 0 aliphatic carbocycles. The van der Waals surface area contributed by atoms with Gasteiger partial charge in [-0.2, -0.15) is 0 Å². The van der Waals surface area contributed by atoms with E-state index in [1.54, 1.807) is 0 Å². The predicted molar refractivity (Wildman–Crippen MR) is 106 cm³/mol. The molecule has 1 fully saturated rings. The number of hydrogen-bond acceptors (Lipinski definition) is 3. The highest BCUT2D eigenvalue weighted by Gasteiger charge is 2.49. The van der Waals surface area contributed by atoms with Gasteiger partial charge in [-0.1, -0.05) is 43.3 Å². The van der Waals surface area contributed by atoms with E-state index < -0.39 is 41.6 Å². The van der Waals surface area contributed by atoms with Crippen LogP contribution in [0.2, 0.25) is 0 Å². The van der Waals surface area contributed by atoms with Gasteiger partial charge in [0.25, 0.3) is 5.91 Å². The third kappa shape index (κ3) is 4.17. The van der Waals surface area contributed by atoms with Crippen molar-refractivity contribution in [1.82, 2.24) is 15.5 Å². The molecule has 2 atom stereocenters. The molecular formula is C22H23F2N3O3. The Morgan fingerprint density at radius 2 is 1.83 bits per heavy atom. The second kappa shape index (κ2) is 8.61. The lowest BCUT2D eigenvalue weighted by atomic mass is 9.92. The fraction of sp³-hybridized carbons (Fsp3) is 0.318. The van der Waals surface area contributed by atoms with Crippen LogP contribution in [0.1, 0.15) is 37.3 Å². The maximum absolute atomic E-state index is 13.6. The third-order valence-corrected chi connectivity index (χ3v) is 5.38. The second-order valence-electron chi connectivity index (χ2n) is 7.40. The van der Waals surface area contributed by atoms with Crippen molar-refractivity contribution in [2.45, 2.75) is 31.7 Å². The molecule has 2 aromatic rings. The van der Waals surface area contributed by atoms with Crippen LogP contribution in [-0.4, -0.2) is 35.8 Å². The topological polar surface area (TPSA) is 78.5 Å². The molecule has 4 amide bonds. The van der Waals surface area contributed by atoms with Gasteiger partial charge in [0.1, 0.15) is 12.1 Å². The maximum atomic E-state index is 13.6. The third-order valence-electron chi connectivity index (χ3n) is 5.38. The molecule has 0 spiro atoms. The minimum Gasteiger partial charge on any atom is -0.354 e. The summed E-state index contributed by atoms with van der Waals surface area (Å²) in [6.45, 7) is 3.30. The molecule has 1 aliphatic rings. The summed E-state index contributed by atoms with van der Waals surface area (Å²) in [5, 5.41) is 5.23. The van der Waals surface area contributed by atoms with Gasteiger partial charge in [0.15, 0.2) is 11.6 Å². The van der Waals surface area contributed by atoms with Crippen LogP contribution < -0.4 is 10.6 Å². The molecule has 0 saturated carbocycles. The lowest BCUT2D eigenvalue weighted by Crippen LogP contribution is -2.43. The number of urea groups is 1. The number of benzene rings is 2. The van der Waals surface area contributed by atoms with Crippen molar-refractivity contribution in [2.75, 3.05) is 13.1 Å². The number of imide groups is 1. The molecule has 30 heavy (non-hydrogen) atoms. The van der Waals surface area contributed by atoms with Gasteiger partial charge >= 0.3 is 6.03 Å². The normalized spacial score (nSPS) is 19.5. The first kappa shape index (κ1) is 21.4. The molecule has 2 N–H and O–H groups in total. The summed E-state index contributed by atoms with van der Waals surface area (Å²) >= 11 is 0. The Hall–Kier alpha value is -3.29. The predicted octanol–water partition coefficient (Wildman–Crippen LogP) is 3.04. The van der Waals surface area contributed by atoms with Gasteiger partial charge in [0.2, 0.25) is 5.91 Å². The molecule has 0 aromatic heterocycles. The molecule has 158 valence electrons. The highest BCUT2D eigenvalue weighted by Crippen LogP contribution is 2.29. The molecule has 6 nitrogen and oxygen atoms in total. The molecule has 2 unspecified atom stereocenters. The van der Waals surface area contributed by atoms with E-state index in [0.717, 1.165) is 29.0 Å². The van der Waals surface area contributed by atoms with Crippen LogP contribution in [0.15, 0.2) is 48.5 Å². The number of nitrogens with zero attached hydrogens (tertiary/aromatic N) is 1. The van der Waals surface area contributed by atoms with Crippen molar-refractivity contribution in [3.05, 3.63) is 71.3 Å². The van der Waals surface area contributed by atoms with Crippen LogP contribution in [0.25, 0.3) is 0 Å². The number of hydrogen-bond donors (Lipinski definition) is 2.